The number of sulfonamides is 1. The minimum absolute atomic E-state index is 0.00391. The van der Waals surface area contributed by atoms with E-state index in [4.69, 9.17) is 11.6 Å². The average Bonchev–Trinajstić information content (AvgIpc) is 2.99. The van der Waals surface area contributed by atoms with Crippen molar-refractivity contribution in [2.45, 2.75) is 30.8 Å². The number of rotatable bonds is 11. The molecule has 41 heavy (non-hydrogen) atoms. The molecule has 9 heteroatoms. The van der Waals surface area contributed by atoms with Crippen LogP contribution in [0, 0.1) is 6.92 Å². The summed E-state index contributed by atoms with van der Waals surface area (Å²) in [6, 6.07) is 30.4. The second-order valence-electron chi connectivity index (χ2n) is 9.63. The van der Waals surface area contributed by atoms with Gasteiger partial charge in [0, 0.05) is 25.0 Å². The first-order valence-corrected chi connectivity index (χ1v) is 14.9. The van der Waals surface area contributed by atoms with Crippen LogP contribution in [0.1, 0.15) is 16.7 Å². The first-order chi connectivity index (χ1) is 19.7. The highest BCUT2D eigenvalue weighted by Crippen LogP contribution is 2.26. The van der Waals surface area contributed by atoms with Gasteiger partial charge in [-0.05, 0) is 54.4 Å². The molecule has 0 heterocycles. The molecule has 1 N–H and O–H groups in total. The van der Waals surface area contributed by atoms with Gasteiger partial charge in [-0.2, -0.15) is 0 Å². The summed E-state index contributed by atoms with van der Waals surface area (Å²) >= 11 is 6.01. The van der Waals surface area contributed by atoms with E-state index in [9.17, 15) is 18.0 Å². The molecule has 0 fully saturated rings. The fraction of sp³-hybridized carbons (Fsp3) is 0.188. The number of hydrogen-bond donors (Lipinski definition) is 1. The van der Waals surface area contributed by atoms with Crippen molar-refractivity contribution in [1.82, 2.24) is 10.2 Å². The molecule has 0 aliphatic carbocycles. The maximum atomic E-state index is 14.2. The molecule has 4 rings (SSSR count). The number of likely N-dealkylation sites (N-methyl/N-ethyl adjacent to an activating group) is 1. The lowest BCUT2D eigenvalue weighted by Crippen LogP contribution is -2.53. The Morgan fingerprint density at radius 3 is 1.98 bits per heavy atom. The number of carbonyl (C=O) groups is 2. The van der Waals surface area contributed by atoms with E-state index >= 15 is 0 Å². The Labute approximate surface area is 246 Å². The van der Waals surface area contributed by atoms with Crippen molar-refractivity contribution in [2.75, 3.05) is 17.9 Å². The van der Waals surface area contributed by atoms with E-state index in [-0.39, 0.29) is 23.8 Å². The first-order valence-electron chi connectivity index (χ1n) is 13.1. The molecule has 4 aromatic rings. The molecule has 0 radical (unpaired) electrons. The summed E-state index contributed by atoms with van der Waals surface area (Å²) < 4.78 is 28.8. The molecule has 0 saturated heterocycles. The molecule has 0 unspecified atom stereocenters. The van der Waals surface area contributed by atoms with Gasteiger partial charge in [-0.1, -0.05) is 90.0 Å². The Kier molecular flexibility index (Phi) is 9.81. The van der Waals surface area contributed by atoms with E-state index in [0.717, 1.165) is 21.0 Å². The van der Waals surface area contributed by atoms with Crippen LogP contribution in [0.4, 0.5) is 5.69 Å². The quantitative estimate of drug-likeness (QED) is 0.260. The van der Waals surface area contributed by atoms with Crippen molar-refractivity contribution in [3.05, 3.63) is 131 Å². The van der Waals surface area contributed by atoms with Gasteiger partial charge in [-0.3, -0.25) is 13.9 Å². The smallest absolute Gasteiger partial charge is 0.264 e. The molecule has 212 valence electrons. The summed E-state index contributed by atoms with van der Waals surface area (Å²) in [5.41, 5.74) is 3.07. The van der Waals surface area contributed by atoms with Gasteiger partial charge in [-0.25, -0.2) is 8.42 Å². The minimum Gasteiger partial charge on any atom is -0.357 e. The molecule has 2 amide bonds. The molecule has 0 spiro atoms. The standard InChI is InChI=1S/C32H32ClN3O4S/c1-24-13-15-26(16-14-24)22-35(30(32(38)34-2)21-25-9-5-3-6-10-25)31(37)23-36(28-11-7-4-8-12-28)41(39,40)29-19-17-27(33)18-20-29/h3-20,30H,21-23H2,1-2H3,(H,34,38)/t30-/m1/s1. The summed E-state index contributed by atoms with van der Waals surface area (Å²) in [6.07, 6.45) is 0.257. The number of aryl methyl sites for hydroxylation is 1. The number of anilines is 1. The van der Waals surface area contributed by atoms with Gasteiger partial charge in [0.15, 0.2) is 0 Å². The van der Waals surface area contributed by atoms with Crippen molar-refractivity contribution < 1.29 is 18.0 Å². The number of para-hydroxylation sites is 1. The number of hydrogen-bond acceptors (Lipinski definition) is 4. The largest absolute Gasteiger partial charge is 0.357 e. The zero-order valence-corrected chi connectivity index (χ0v) is 24.5. The maximum Gasteiger partial charge on any atom is 0.264 e. The molecule has 1 atom stereocenters. The van der Waals surface area contributed by atoms with Gasteiger partial charge in [-0.15, -0.1) is 0 Å². The minimum atomic E-state index is -4.16. The molecule has 0 bridgehead atoms. The van der Waals surface area contributed by atoms with Crippen LogP contribution in [0.5, 0.6) is 0 Å². The highest BCUT2D eigenvalue weighted by Gasteiger charge is 2.34. The van der Waals surface area contributed by atoms with Crippen molar-refractivity contribution in [3.8, 4) is 0 Å². The predicted molar refractivity (Wildman–Crippen MR) is 162 cm³/mol. The zero-order valence-electron chi connectivity index (χ0n) is 22.9. The Hall–Kier alpha value is -4.14. The Morgan fingerprint density at radius 1 is 0.805 bits per heavy atom. The van der Waals surface area contributed by atoms with E-state index in [1.807, 2.05) is 61.5 Å². The van der Waals surface area contributed by atoms with Crippen molar-refractivity contribution >= 4 is 39.1 Å². The molecular formula is C32H32ClN3O4S. The SMILES string of the molecule is CNC(=O)[C@@H](Cc1ccccc1)N(Cc1ccc(C)cc1)C(=O)CN(c1ccccc1)S(=O)(=O)c1ccc(Cl)cc1. The van der Waals surface area contributed by atoms with E-state index in [2.05, 4.69) is 5.32 Å². The van der Waals surface area contributed by atoms with Gasteiger partial charge in [0.05, 0.1) is 10.6 Å². The van der Waals surface area contributed by atoms with Crippen LogP contribution in [-0.4, -0.2) is 44.8 Å². The molecule has 0 aliphatic heterocycles. The van der Waals surface area contributed by atoms with Crippen LogP contribution < -0.4 is 9.62 Å². The summed E-state index contributed by atoms with van der Waals surface area (Å²) in [4.78, 5) is 28.9. The lowest BCUT2D eigenvalue weighted by molar-refractivity contribution is -0.139. The third kappa shape index (κ3) is 7.54. The van der Waals surface area contributed by atoms with E-state index < -0.39 is 28.5 Å². The van der Waals surface area contributed by atoms with Crippen molar-refractivity contribution in [1.29, 1.82) is 0 Å². The van der Waals surface area contributed by atoms with Crippen molar-refractivity contribution in [3.63, 3.8) is 0 Å². The van der Waals surface area contributed by atoms with Gasteiger partial charge in [0.1, 0.15) is 12.6 Å². The summed E-state index contributed by atoms with van der Waals surface area (Å²) in [7, 11) is -2.64. The highest BCUT2D eigenvalue weighted by molar-refractivity contribution is 7.92. The van der Waals surface area contributed by atoms with Crippen LogP contribution in [0.3, 0.4) is 0 Å². The number of amides is 2. The summed E-state index contributed by atoms with van der Waals surface area (Å²) in [5.74, 6) is -0.863. The van der Waals surface area contributed by atoms with Crippen LogP contribution in [0.2, 0.25) is 5.02 Å². The van der Waals surface area contributed by atoms with Crippen molar-refractivity contribution in [2.24, 2.45) is 0 Å². The second kappa shape index (κ2) is 13.5. The van der Waals surface area contributed by atoms with Crippen LogP contribution in [0.15, 0.2) is 114 Å². The Morgan fingerprint density at radius 2 is 1.39 bits per heavy atom. The molecule has 7 nitrogen and oxygen atoms in total. The van der Waals surface area contributed by atoms with Gasteiger partial charge < -0.3 is 10.2 Å². The number of halogens is 1. The molecule has 0 aliphatic rings. The number of nitrogens with one attached hydrogen (secondary N) is 1. The highest BCUT2D eigenvalue weighted by atomic mass is 35.5. The first kappa shape index (κ1) is 29.8. The number of nitrogens with zero attached hydrogens (tertiary/aromatic N) is 2. The Balaban J connectivity index is 1.76. The zero-order chi connectivity index (χ0) is 29.4. The summed E-state index contributed by atoms with van der Waals surface area (Å²) in [6.45, 7) is 1.57. The number of benzene rings is 4. The monoisotopic (exact) mass is 589 g/mol. The lowest BCUT2D eigenvalue weighted by atomic mass is 10.0. The van der Waals surface area contributed by atoms with E-state index in [1.54, 1.807) is 30.3 Å². The van der Waals surface area contributed by atoms with Gasteiger partial charge in [0.25, 0.3) is 10.0 Å². The fourth-order valence-corrected chi connectivity index (χ4v) is 6.01. The van der Waals surface area contributed by atoms with E-state index in [0.29, 0.717) is 10.7 Å². The second-order valence-corrected chi connectivity index (χ2v) is 11.9. The van der Waals surface area contributed by atoms with Crippen LogP contribution >= 0.6 is 11.6 Å². The molecule has 4 aromatic carbocycles. The van der Waals surface area contributed by atoms with E-state index in [1.165, 1.54) is 36.2 Å². The molecule has 0 saturated carbocycles. The van der Waals surface area contributed by atoms with Crippen LogP contribution in [0.25, 0.3) is 0 Å². The van der Waals surface area contributed by atoms with Gasteiger partial charge >= 0.3 is 0 Å². The van der Waals surface area contributed by atoms with Gasteiger partial charge in [0.2, 0.25) is 11.8 Å². The third-order valence-electron chi connectivity index (χ3n) is 6.72. The third-order valence-corrected chi connectivity index (χ3v) is 8.76. The molecule has 0 aromatic heterocycles. The maximum absolute atomic E-state index is 14.2. The molecular weight excluding hydrogens is 558 g/mol. The normalized spacial score (nSPS) is 11.9. The topological polar surface area (TPSA) is 86.8 Å². The predicted octanol–water partition coefficient (Wildman–Crippen LogP) is 5.23. The summed E-state index contributed by atoms with van der Waals surface area (Å²) in [5, 5.41) is 3.08. The fourth-order valence-electron chi connectivity index (χ4n) is 4.47. The number of carbonyl (C=O) groups excluding carboxylic acids is 2. The average molecular weight is 590 g/mol. The Bertz CT molecular complexity index is 1560. The van der Waals surface area contributed by atoms with Crippen LogP contribution in [-0.2, 0) is 32.6 Å². The lowest BCUT2D eigenvalue weighted by Gasteiger charge is -2.33.